The van der Waals surface area contributed by atoms with E-state index in [2.05, 4.69) is 41.3 Å². The van der Waals surface area contributed by atoms with Crippen molar-refractivity contribution in [3.05, 3.63) is 24.0 Å². The highest BCUT2D eigenvalue weighted by atomic mass is 15.2. The third-order valence-electron chi connectivity index (χ3n) is 3.36. The molecule has 0 amide bonds. The van der Waals surface area contributed by atoms with Gasteiger partial charge in [-0.15, -0.1) is 0 Å². The van der Waals surface area contributed by atoms with Crippen molar-refractivity contribution in [2.75, 3.05) is 26.2 Å². The second-order valence-corrected chi connectivity index (χ2v) is 4.97. The second kappa shape index (κ2) is 5.51. The van der Waals surface area contributed by atoms with Crippen LogP contribution in [0, 0.1) is 5.92 Å². The van der Waals surface area contributed by atoms with Crippen molar-refractivity contribution in [3.63, 3.8) is 0 Å². The molecule has 0 radical (unpaired) electrons. The Bertz CT molecular complexity index is 284. The maximum Gasteiger partial charge on any atom is 0.0386 e. The van der Waals surface area contributed by atoms with Gasteiger partial charge in [-0.3, -0.25) is 4.90 Å². The number of H-pyrrole nitrogens is 1. The molecule has 2 N–H and O–H groups in total. The lowest BCUT2D eigenvalue weighted by Crippen LogP contribution is -2.34. The summed E-state index contributed by atoms with van der Waals surface area (Å²) in [5, 5.41) is 3.47. The Kier molecular flexibility index (Phi) is 4.02. The molecule has 1 aromatic heterocycles. The van der Waals surface area contributed by atoms with E-state index in [1.807, 2.05) is 6.20 Å². The molecule has 2 rings (SSSR count). The summed E-state index contributed by atoms with van der Waals surface area (Å²) in [4.78, 5) is 5.80. The van der Waals surface area contributed by atoms with Crippen LogP contribution >= 0.6 is 0 Å². The molecule has 16 heavy (non-hydrogen) atoms. The van der Waals surface area contributed by atoms with E-state index < -0.39 is 0 Å². The minimum Gasteiger partial charge on any atom is -0.367 e. The standard InChI is InChI=1S/C13H23N3/c1-11(2)13(12-4-6-15-10-12)16-8-3-5-14-7-9-16/h4,6,10-11,13-15H,3,5,7-9H2,1-2H3. The summed E-state index contributed by atoms with van der Waals surface area (Å²) in [6.07, 6.45) is 5.43. The SMILES string of the molecule is CC(C)C(c1cc[nH]c1)N1CCCNCC1. The first kappa shape index (κ1) is 11.7. The first-order chi connectivity index (χ1) is 7.79. The molecule has 1 unspecified atom stereocenters. The zero-order valence-electron chi connectivity index (χ0n) is 10.4. The van der Waals surface area contributed by atoms with Crippen molar-refractivity contribution in [2.45, 2.75) is 26.3 Å². The summed E-state index contributed by atoms with van der Waals surface area (Å²) in [6.45, 7) is 9.28. The van der Waals surface area contributed by atoms with Crippen molar-refractivity contribution >= 4 is 0 Å². The molecule has 1 saturated heterocycles. The van der Waals surface area contributed by atoms with Crippen LogP contribution in [-0.2, 0) is 0 Å². The van der Waals surface area contributed by atoms with Crippen LogP contribution in [0.25, 0.3) is 0 Å². The van der Waals surface area contributed by atoms with Gasteiger partial charge in [0.1, 0.15) is 0 Å². The maximum absolute atomic E-state index is 3.47. The summed E-state index contributed by atoms with van der Waals surface area (Å²) in [5.41, 5.74) is 1.43. The quantitative estimate of drug-likeness (QED) is 0.818. The molecular formula is C13H23N3. The highest BCUT2D eigenvalue weighted by molar-refractivity contribution is 5.15. The summed E-state index contributed by atoms with van der Waals surface area (Å²) in [7, 11) is 0. The Morgan fingerprint density at radius 3 is 2.81 bits per heavy atom. The van der Waals surface area contributed by atoms with E-state index in [0.29, 0.717) is 12.0 Å². The molecule has 0 spiro atoms. The lowest BCUT2D eigenvalue weighted by molar-refractivity contribution is 0.166. The zero-order valence-corrected chi connectivity index (χ0v) is 10.4. The van der Waals surface area contributed by atoms with Gasteiger partial charge in [0, 0.05) is 38.1 Å². The zero-order chi connectivity index (χ0) is 11.4. The topological polar surface area (TPSA) is 31.1 Å². The number of rotatable bonds is 3. The molecule has 3 nitrogen and oxygen atoms in total. The van der Waals surface area contributed by atoms with Crippen LogP contribution in [0.5, 0.6) is 0 Å². The van der Waals surface area contributed by atoms with Gasteiger partial charge in [0.2, 0.25) is 0 Å². The Morgan fingerprint density at radius 2 is 2.12 bits per heavy atom. The van der Waals surface area contributed by atoms with Gasteiger partial charge in [0.05, 0.1) is 0 Å². The molecular weight excluding hydrogens is 198 g/mol. The molecule has 0 aliphatic carbocycles. The van der Waals surface area contributed by atoms with Crippen LogP contribution in [0.2, 0.25) is 0 Å². The summed E-state index contributed by atoms with van der Waals surface area (Å²) in [6, 6.07) is 2.77. The fraction of sp³-hybridized carbons (Fsp3) is 0.692. The van der Waals surface area contributed by atoms with Gasteiger partial charge < -0.3 is 10.3 Å². The Balaban J connectivity index is 2.12. The van der Waals surface area contributed by atoms with Gasteiger partial charge in [-0.25, -0.2) is 0 Å². The Hall–Kier alpha value is -0.800. The van der Waals surface area contributed by atoms with Gasteiger partial charge in [-0.2, -0.15) is 0 Å². The van der Waals surface area contributed by atoms with Crippen molar-refractivity contribution in [2.24, 2.45) is 5.92 Å². The molecule has 1 aromatic rings. The third-order valence-corrected chi connectivity index (χ3v) is 3.36. The molecule has 0 aromatic carbocycles. The highest BCUT2D eigenvalue weighted by Crippen LogP contribution is 2.28. The maximum atomic E-state index is 3.47. The number of nitrogens with zero attached hydrogens (tertiary/aromatic N) is 1. The monoisotopic (exact) mass is 221 g/mol. The highest BCUT2D eigenvalue weighted by Gasteiger charge is 2.24. The number of hydrogen-bond acceptors (Lipinski definition) is 2. The molecule has 2 heterocycles. The lowest BCUT2D eigenvalue weighted by atomic mass is 9.96. The number of aromatic nitrogens is 1. The van der Waals surface area contributed by atoms with Crippen LogP contribution < -0.4 is 5.32 Å². The predicted molar refractivity (Wildman–Crippen MR) is 67.4 cm³/mol. The van der Waals surface area contributed by atoms with Crippen LogP contribution in [0.1, 0.15) is 31.9 Å². The Labute approximate surface area is 98.2 Å². The average Bonchev–Trinajstić information content (AvgIpc) is 2.62. The predicted octanol–water partition coefficient (Wildman–Crippen LogP) is 2.01. The van der Waals surface area contributed by atoms with Crippen LogP contribution in [0.15, 0.2) is 18.5 Å². The van der Waals surface area contributed by atoms with Gasteiger partial charge in [0.25, 0.3) is 0 Å². The minimum atomic E-state index is 0.561. The van der Waals surface area contributed by atoms with Gasteiger partial charge in [-0.05, 0) is 30.5 Å². The first-order valence-electron chi connectivity index (χ1n) is 6.36. The van der Waals surface area contributed by atoms with Crippen molar-refractivity contribution < 1.29 is 0 Å². The average molecular weight is 221 g/mol. The van der Waals surface area contributed by atoms with Crippen molar-refractivity contribution in [3.8, 4) is 0 Å². The molecule has 0 saturated carbocycles. The van der Waals surface area contributed by atoms with Crippen LogP contribution in [-0.4, -0.2) is 36.1 Å². The summed E-state index contributed by atoms with van der Waals surface area (Å²) >= 11 is 0. The largest absolute Gasteiger partial charge is 0.367 e. The number of nitrogens with one attached hydrogen (secondary N) is 2. The van der Waals surface area contributed by atoms with E-state index in [0.717, 1.165) is 19.6 Å². The third kappa shape index (κ3) is 2.66. The molecule has 1 aliphatic heterocycles. The molecule has 90 valence electrons. The van der Waals surface area contributed by atoms with E-state index >= 15 is 0 Å². The van der Waals surface area contributed by atoms with Gasteiger partial charge in [0.15, 0.2) is 0 Å². The van der Waals surface area contributed by atoms with Gasteiger partial charge in [-0.1, -0.05) is 13.8 Å². The lowest BCUT2D eigenvalue weighted by Gasteiger charge is -2.33. The molecule has 1 fully saturated rings. The smallest absolute Gasteiger partial charge is 0.0386 e. The normalized spacial score (nSPS) is 20.9. The van der Waals surface area contributed by atoms with E-state index in [9.17, 15) is 0 Å². The van der Waals surface area contributed by atoms with E-state index in [1.54, 1.807) is 0 Å². The number of aromatic amines is 1. The Morgan fingerprint density at radius 1 is 1.25 bits per heavy atom. The first-order valence-corrected chi connectivity index (χ1v) is 6.36. The summed E-state index contributed by atoms with van der Waals surface area (Å²) in [5.74, 6) is 0.661. The molecule has 1 atom stereocenters. The van der Waals surface area contributed by atoms with Gasteiger partial charge >= 0.3 is 0 Å². The molecule has 0 bridgehead atoms. The fourth-order valence-corrected chi connectivity index (χ4v) is 2.68. The second-order valence-electron chi connectivity index (χ2n) is 4.97. The number of hydrogen-bond donors (Lipinski definition) is 2. The minimum absolute atomic E-state index is 0.561. The van der Waals surface area contributed by atoms with Crippen molar-refractivity contribution in [1.82, 2.24) is 15.2 Å². The van der Waals surface area contributed by atoms with Crippen molar-refractivity contribution in [1.29, 1.82) is 0 Å². The molecule has 3 heteroatoms. The fourth-order valence-electron chi connectivity index (χ4n) is 2.68. The molecule has 1 aliphatic rings. The van der Waals surface area contributed by atoms with Crippen LogP contribution in [0.4, 0.5) is 0 Å². The van der Waals surface area contributed by atoms with E-state index in [1.165, 1.54) is 18.5 Å². The summed E-state index contributed by atoms with van der Waals surface area (Å²) < 4.78 is 0. The van der Waals surface area contributed by atoms with Crippen LogP contribution in [0.3, 0.4) is 0 Å². The van der Waals surface area contributed by atoms with E-state index in [-0.39, 0.29) is 0 Å². The van der Waals surface area contributed by atoms with E-state index in [4.69, 9.17) is 0 Å².